The van der Waals surface area contributed by atoms with E-state index in [1.54, 1.807) is 0 Å². The first-order chi connectivity index (χ1) is 11.1. The topological polar surface area (TPSA) is 89.9 Å². The molecule has 3 unspecified atom stereocenters. The number of alkyl halides is 2. The normalized spacial score (nSPS) is 37.0. The SMILES string of the molecule is [CH2+]OS(=O)(=O)C(F)(F)COCC(O)C12CC3CC(C1)C(=O)C(C3)C2. The highest BCUT2D eigenvalue weighted by Gasteiger charge is 2.57. The lowest BCUT2D eigenvalue weighted by Gasteiger charge is -2.57. The van der Waals surface area contributed by atoms with Crippen LogP contribution in [0.3, 0.4) is 0 Å². The van der Waals surface area contributed by atoms with Crippen LogP contribution in [-0.2, 0) is 23.8 Å². The van der Waals surface area contributed by atoms with Gasteiger partial charge in [-0.3, -0.25) is 4.79 Å². The van der Waals surface area contributed by atoms with Crippen LogP contribution >= 0.6 is 0 Å². The Morgan fingerprint density at radius 2 is 1.88 bits per heavy atom. The van der Waals surface area contributed by atoms with Crippen molar-refractivity contribution in [3.8, 4) is 0 Å². The molecule has 4 aliphatic rings. The molecule has 0 spiro atoms. The fourth-order valence-electron chi connectivity index (χ4n) is 4.84. The monoisotopic (exact) mass is 367 g/mol. The van der Waals surface area contributed by atoms with Crippen LogP contribution in [-0.4, -0.2) is 43.9 Å². The number of aliphatic hydroxyl groups excluding tert-OH is 1. The summed E-state index contributed by atoms with van der Waals surface area (Å²) in [7, 11) is -2.65. The lowest BCUT2D eigenvalue weighted by Crippen LogP contribution is -2.56. The lowest BCUT2D eigenvalue weighted by molar-refractivity contribution is -0.166. The van der Waals surface area contributed by atoms with Gasteiger partial charge in [0.05, 0.1) is 12.7 Å². The van der Waals surface area contributed by atoms with Crippen molar-refractivity contribution in [2.75, 3.05) is 13.2 Å². The number of hydrogen-bond donors (Lipinski definition) is 1. The van der Waals surface area contributed by atoms with Crippen molar-refractivity contribution < 1.29 is 36.0 Å². The first kappa shape index (κ1) is 18.0. The van der Waals surface area contributed by atoms with Gasteiger partial charge in [-0.2, -0.15) is 17.2 Å². The molecule has 4 rings (SSSR count). The Morgan fingerprint density at radius 1 is 1.29 bits per heavy atom. The van der Waals surface area contributed by atoms with Crippen LogP contribution < -0.4 is 0 Å². The molecular weight excluding hydrogens is 346 g/mol. The summed E-state index contributed by atoms with van der Waals surface area (Å²) in [5, 5.41) is 6.25. The van der Waals surface area contributed by atoms with Crippen molar-refractivity contribution in [3.05, 3.63) is 7.11 Å². The Labute approximate surface area is 139 Å². The van der Waals surface area contributed by atoms with E-state index in [9.17, 15) is 27.1 Å². The fraction of sp³-hybridized carbons (Fsp3) is 0.867. The number of Topliss-reactive ketones (excluding diaryl/α,β-unsaturated/α-hetero) is 1. The summed E-state index contributed by atoms with van der Waals surface area (Å²) in [5.74, 6) is 0.552. The minimum absolute atomic E-state index is 0.0488. The third kappa shape index (κ3) is 2.85. The van der Waals surface area contributed by atoms with Crippen molar-refractivity contribution in [3.63, 3.8) is 0 Å². The first-order valence-corrected chi connectivity index (χ1v) is 9.36. The van der Waals surface area contributed by atoms with E-state index in [0.29, 0.717) is 18.8 Å². The van der Waals surface area contributed by atoms with Crippen LogP contribution in [0.5, 0.6) is 0 Å². The molecule has 4 bridgehead atoms. The highest BCUT2D eigenvalue weighted by molar-refractivity contribution is 7.87. The predicted molar refractivity (Wildman–Crippen MR) is 78.1 cm³/mol. The zero-order valence-corrected chi connectivity index (χ0v) is 13.9. The number of rotatable bonds is 7. The van der Waals surface area contributed by atoms with E-state index in [1.807, 2.05) is 0 Å². The van der Waals surface area contributed by atoms with E-state index in [-0.39, 0.29) is 17.6 Å². The van der Waals surface area contributed by atoms with Gasteiger partial charge in [0, 0.05) is 17.3 Å². The number of ketones is 1. The number of aliphatic hydroxyl groups is 1. The zero-order valence-electron chi connectivity index (χ0n) is 13.1. The molecule has 4 fully saturated rings. The van der Waals surface area contributed by atoms with Crippen LogP contribution in [0.2, 0.25) is 0 Å². The molecular formula is C15H21F2O6S+. The summed E-state index contributed by atoms with van der Waals surface area (Å²) >= 11 is 0. The van der Waals surface area contributed by atoms with Gasteiger partial charge in [0.2, 0.25) is 7.11 Å². The summed E-state index contributed by atoms with van der Waals surface area (Å²) in [6, 6.07) is 0. The first-order valence-electron chi connectivity index (χ1n) is 7.96. The molecule has 0 amide bonds. The molecule has 0 aliphatic heterocycles. The molecule has 136 valence electrons. The summed E-state index contributed by atoms with van der Waals surface area (Å²) < 4.78 is 57.4. The van der Waals surface area contributed by atoms with E-state index in [4.69, 9.17) is 4.74 Å². The molecule has 4 aliphatic carbocycles. The van der Waals surface area contributed by atoms with Crippen molar-refractivity contribution >= 4 is 15.9 Å². The standard InChI is InChI=1S/C15H21F2O6S/c1-22-24(20,21)15(16,17)8-23-7-12(18)14-4-9-2-10(5-14)13(19)11(3-9)6-14/h9-12,18H,1-8H2/q+1. The van der Waals surface area contributed by atoms with Gasteiger partial charge in [-0.15, -0.1) is 0 Å². The summed E-state index contributed by atoms with van der Waals surface area (Å²) in [6.45, 7) is -1.81. The molecule has 0 heterocycles. The van der Waals surface area contributed by atoms with Crippen molar-refractivity contribution in [2.24, 2.45) is 23.2 Å². The number of ether oxygens (including phenoxy) is 1. The van der Waals surface area contributed by atoms with E-state index in [2.05, 4.69) is 11.3 Å². The number of hydrogen-bond acceptors (Lipinski definition) is 6. The quantitative estimate of drug-likeness (QED) is 0.542. The van der Waals surface area contributed by atoms with Crippen LogP contribution in [0.25, 0.3) is 0 Å². The van der Waals surface area contributed by atoms with Gasteiger partial charge in [-0.05, 0) is 38.0 Å². The zero-order chi connectivity index (χ0) is 17.8. The highest BCUT2D eigenvalue weighted by Crippen LogP contribution is 2.59. The molecule has 6 nitrogen and oxygen atoms in total. The Hall–Kier alpha value is -0.770. The summed E-state index contributed by atoms with van der Waals surface area (Å²) in [4.78, 5) is 12.1. The molecule has 9 heteroatoms. The molecule has 0 radical (unpaired) electrons. The number of halogens is 2. The third-order valence-corrected chi connectivity index (χ3v) is 6.97. The molecule has 3 atom stereocenters. The van der Waals surface area contributed by atoms with Crippen molar-refractivity contribution in [1.82, 2.24) is 0 Å². The largest absolute Gasteiger partial charge is 0.396 e. The van der Waals surface area contributed by atoms with Gasteiger partial charge in [-0.1, -0.05) is 4.18 Å². The summed E-state index contributed by atoms with van der Waals surface area (Å²) in [6.07, 6.45) is 2.57. The fourth-order valence-corrected chi connectivity index (χ4v) is 5.24. The van der Waals surface area contributed by atoms with Gasteiger partial charge in [0.25, 0.3) is 0 Å². The average Bonchev–Trinajstić information content (AvgIpc) is 2.51. The van der Waals surface area contributed by atoms with Crippen LogP contribution in [0, 0.1) is 30.3 Å². The van der Waals surface area contributed by atoms with Crippen molar-refractivity contribution in [1.29, 1.82) is 0 Å². The third-order valence-electron chi connectivity index (χ3n) is 5.82. The van der Waals surface area contributed by atoms with Crippen LogP contribution in [0.1, 0.15) is 32.1 Å². The van der Waals surface area contributed by atoms with Gasteiger partial charge in [-0.25, -0.2) is 0 Å². The second-order valence-corrected chi connectivity index (χ2v) is 9.09. The Morgan fingerprint density at radius 3 is 2.42 bits per heavy atom. The second kappa shape index (κ2) is 5.89. The molecule has 0 saturated heterocycles. The number of carbonyl (C=O) groups is 1. The predicted octanol–water partition coefficient (Wildman–Crippen LogP) is 1.49. The lowest BCUT2D eigenvalue weighted by atomic mass is 9.48. The van der Waals surface area contributed by atoms with E-state index in [1.165, 1.54) is 0 Å². The minimum Gasteiger partial charge on any atom is -0.390 e. The maximum atomic E-state index is 13.5. The molecule has 0 aromatic rings. The molecule has 1 N–H and O–H groups in total. The Bertz CT molecular complexity index is 601. The summed E-state index contributed by atoms with van der Waals surface area (Å²) in [5.41, 5.74) is -0.485. The van der Waals surface area contributed by atoms with Gasteiger partial charge in [0.1, 0.15) is 12.4 Å². The molecule has 4 saturated carbocycles. The molecule has 0 aromatic heterocycles. The Balaban J connectivity index is 1.60. The van der Waals surface area contributed by atoms with Crippen LogP contribution in [0.15, 0.2) is 0 Å². The van der Waals surface area contributed by atoms with Gasteiger partial charge in [0.15, 0.2) is 0 Å². The van der Waals surface area contributed by atoms with E-state index >= 15 is 0 Å². The van der Waals surface area contributed by atoms with E-state index < -0.39 is 40.1 Å². The van der Waals surface area contributed by atoms with Gasteiger partial charge < -0.3 is 9.84 Å². The highest BCUT2D eigenvalue weighted by atomic mass is 32.2. The average molecular weight is 367 g/mol. The molecule has 24 heavy (non-hydrogen) atoms. The van der Waals surface area contributed by atoms with Gasteiger partial charge >= 0.3 is 15.4 Å². The Kier molecular flexibility index (Phi) is 4.43. The van der Waals surface area contributed by atoms with E-state index in [0.717, 1.165) is 19.3 Å². The van der Waals surface area contributed by atoms with Crippen LogP contribution in [0.4, 0.5) is 8.78 Å². The van der Waals surface area contributed by atoms with Crippen molar-refractivity contribution in [2.45, 2.75) is 43.5 Å². The maximum Gasteiger partial charge on any atom is 0.396 e. The minimum atomic E-state index is -5.14. The number of carbonyl (C=O) groups excluding carboxylic acids is 1. The molecule has 0 aromatic carbocycles. The maximum absolute atomic E-state index is 13.5. The second-order valence-electron chi connectivity index (χ2n) is 7.35. The smallest absolute Gasteiger partial charge is 0.390 e.